The second-order valence-electron chi connectivity index (χ2n) is 9.15. The molecule has 2 aromatic heterocycles. The molecule has 3 aromatic carbocycles. The number of carbonyl (C=O) groups excluding carboxylic acids is 1. The Morgan fingerprint density at radius 3 is 2.76 bits per heavy atom. The molecule has 0 aliphatic carbocycles. The van der Waals surface area contributed by atoms with Crippen LogP contribution in [0.5, 0.6) is 0 Å². The highest BCUT2D eigenvalue weighted by Crippen LogP contribution is 2.39. The zero-order valence-corrected chi connectivity index (χ0v) is 24.8. The molecule has 1 unspecified atom stereocenters. The van der Waals surface area contributed by atoms with Crippen LogP contribution in [-0.2, 0) is 9.53 Å². The summed E-state index contributed by atoms with van der Waals surface area (Å²) in [5, 5.41) is 14.8. The molecule has 1 N–H and O–H groups in total. The summed E-state index contributed by atoms with van der Waals surface area (Å²) in [7, 11) is 0. The number of ether oxygens (including phenoxy) is 1. The molecule has 0 saturated carbocycles. The average molecular weight is 622 g/mol. The van der Waals surface area contributed by atoms with Gasteiger partial charge < -0.3 is 10.1 Å². The fraction of sp³-hybridized carbons (Fsp3) is 0.214. The van der Waals surface area contributed by atoms with Crippen LogP contribution in [0.15, 0.2) is 79.2 Å². The van der Waals surface area contributed by atoms with E-state index in [0.29, 0.717) is 28.4 Å². The molecule has 5 aromatic rings. The average Bonchev–Trinajstić information content (AvgIpc) is 3.73. The molecule has 208 valence electrons. The van der Waals surface area contributed by atoms with Crippen molar-refractivity contribution in [2.24, 2.45) is 4.99 Å². The van der Waals surface area contributed by atoms with Gasteiger partial charge in [-0.2, -0.15) is 0 Å². The van der Waals surface area contributed by atoms with Gasteiger partial charge in [0.25, 0.3) is 5.69 Å². The number of nitro benzene ring substituents is 1. The number of nitro groups is 1. The number of hydrogen-bond donors (Lipinski definition) is 1. The van der Waals surface area contributed by atoms with Gasteiger partial charge in [0.2, 0.25) is 5.91 Å². The Morgan fingerprint density at radius 1 is 1.10 bits per heavy atom. The lowest BCUT2D eigenvalue weighted by Crippen LogP contribution is -2.32. The Hall–Kier alpha value is -3.36. The standard InChI is InChI=1S/C28H23N5O4S4/c34-26(30-15-19-4-3-11-37-19)16-38-27-31-21-9-8-18(13-25(21)41-27)29-14-17-7-10-24(22(12-17)33(35)36)40-28-32-20-5-1-2-6-23(20)39-28/h1-2,5-10,12-14,19H,3-4,11,15-16H2,(H,30,34). The minimum Gasteiger partial charge on any atom is -0.376 e. The molecule has 13 heteroatoms. The highest BCUT2D eigenvalue weighted by molar-refractivity contribution is 8.01. The van der Waals surface area contributed by atoms with E-state index in [2.05, 4.69) is 20.3 Å². The Labute approximate surface area is 251 Å². The molecular weight excluding hydrogens is 599 g/mol. The van der Waals surface area contributed by atoms with Crippen LogP contribution in [0.25, 0.3) is 20.4 Å². The van der Waals surface area contributed by atoms with Crippen molar-refractivity contribution >= 4 is 90.1 Å². The van der Waals surface area contributed by atoms with Crippen molar-refractivity contribution in [3.8, 4) is 0 Å². The Bertz CT molecular complexity index is 1730. The third-order valence-corrected chi connectivity index (χ3v) is 10.6. The number of nitrogens with one attached hydrogen (secondary N) is 1. The zero-order valence-electron chi connectivity index (χ0n) is 21.5. The van der Waals surface area contributed by atoms with E-state index >= 15 is 0 Å². The molecule has 1 atom stereocenters. The van der Waals surface area contributed by atoms with Gasteiger partial charge in [-0.1, -0.05) is 41.7 Å². The molecular formula is C28H23N5O4S4. The van der Waals surface area contributed by atoms with Crippen molar-refractivity contribution in [1.29, 1.82) is 0 Å². The Morgan fingerprint density at radius 2 is 1.93 bits per heavy atom. The van der Waals surface area contributed by atoms with Gasteiger partial charge in [-0.05, 0) is 54.8 Å². The summed E-state index contributed by atoms with van der Waals surface area (Å²) < 4.78 is 9.10. The van der Waals surface area contributed by atoms with E-state index in [9.17, 15) is 14.9 Å². The highest BCUT2D eigenvalue weighted by Gasteiger charge is 2.18. The largest absolute Gasteiger partial charge is 0.376 e. The van der Waals surface area contributed by atoms with E-state index in [1.807, 2.05) is 48.5 Å². The smallest absolute Gasteiger partial charge is 0.283 e. The zero-order chi connectivity index (χ0) is 28.2. The number of nitrogens with zero attached hydrogens (tertiary/aromatic N) is 4. The predicted molar refractivity (Wildman–Crippen MR) is 166 cm³/mol. The Balaban J connectivity index is 1.11. The monoisotopic (exact) mass is 621 g/mol. The molecule has 1 aliphatic rings. The topological polar surface area (TPSA) is 120 Å². The second kappa shape index (κ2) is 12.7. The van der Waals surface area contributed by atoms with Gasteiger partial charge in [0.05, 0.1) is 47.8 Å². The summed E-state index contributed by atoms with van der Waals surface area (Å²) in [6.07, 6.45) is 3.78. The molecule has 1 amide bonds. The van der Waals surface area contributed by atoms with Crippen LogP contribution >= 0.6 is 46.2 Å². The number of thiazole rings is 2. The van der Waals surface area contributed by atoms with E-state index in [0.717, 1.165) is 48.6 Å². The van der Waals surface area contributed by atoms with Crippen molar-refractivity contribution in [3.05, 3.63) is 76.3 Å². The van der Waals surface area contributed by atoms with Crippen molar-refractivity contribution in [2.45, 2.75) is 32.5 Å². The summed E-state index contributed by atoms with van der Waals surface area (Å²) in [6.45, 7) is 1.32. The number of amides is 1. The van der Waals surface area contributed by atoms with Gasteiger partial charge in [0, 0.05) is 25.4 Å². The summed E-state index contributed by atoms with van der Waals surface area (Å²) in [5.41, 5.74) is 3.06. The number of benzene rings is 3. The SMILES string of the molecule is O=C(CSc1nc2ccc(N=Cc3ccc(Sc4nc5ccccc5s4)c([N+](=O)[O-])c3)cc2s1)NCC1CCCO1. The predicted octanol–water partition coefficient (Wildman–Crippen LogP) is 7.10. The number of hydrogen-bond acceptors (Lipinski definition) is 11. The lowest BCUT2D eigenvalue weighted by Gasteiger charge is -2.09. The number of aliphatic imine (C=N–C) groups is 1. The van der Waals surface area contributed by atoms with E-state index < -0.39 is 0 Å². The van der Waals surface area contributed by atoms with Crippen LogP contribution in [0.1, 0.15) is 18.4 Å². The second-order valence-corrected chi connectivity index (χ2v) is 13.7. The number of aromatic nitrogens is 2. The van der Waals surface area contributed by atoms with Gasteiger partial charge in [-0.25, -0.2) is 9.97 Å². The molecule has 0 bridgehead atoms. The number of fused-ring (bicyclic) bond motifs is 2. The molecule has 0 radical (unpaired) electrons. The van der Waals surface area contributed by atoms with Gasteiger partial charge in [-0.3, -0.25) is 19.9 Å². The van der Waals surface area contributed by atoms with E-state index in [1.54, 1.807) is 12.3 Å². The van der Waals surface area contributed by atoms with Crippen LogP contribution in [0.3, 0.4) is 0 Å². The summed E-state index contributed by atoms with van der Waals surface area (Å²) in [5.74, 6) is 0.262. The number of thioether (sulfide) groups is 1. The first-order chi connectivity index (χ1) is 20.0. The number of carbonyl (C=O) groups is 1. The van der Waals surface area contributed by atoms with Crippen molar-refractivity contribution in [3.63, 3.8) is 0 Å². The maximum absolute atomic E-state index is 12.2. The molecule has 0 spiro atoms. The quantitative estimate of drug-likeness (QED) is 0.0759. The maximum Gasteiger partial charge on any atom is 0.283 e. The molecule has 41 heavy (non-hydrogen) atoms. The van der Waals surface area contributed by atoms with Gasteiger partial charge in [-0.15, -0.1) is 22.7 Å². The Kier molecular flexibility index (Phi) is 8.58. The number of para-hydroxylation sites is 1. The summed E-state index contributed by atoms with van der Waals surface area (Å²) in [6, 6.07) is 18.5. The molecule has 1 fully saturated rings. The van der Waals surface area contributed by atoms with Crippen LogP contribution in [0, 0.1) is 10.1 Å². The molecule has 3 heterocycles. The summed E-state index contributed by atoms with van der Waals surface area (Å²) in [4.78, 5) is 37.9. The fourth-order valence-electron chi connectivity index (χ4n) is 4.23. The van der Waals surface area contributed by atoms with Crippen LogP contribution < -0.4 is 5.32 Å². The first-order valence-electron chi connectivity index (χ1n) is 12.8. The first kappa shape index (κ1) is 27.8. The van der Waals surface area contributed by atoms with E-state index in [-0.39, 0.29) is 22.6 Å². The minimum absolute atomic E-state index is 0.0117. The number of rotatable bonds is 10. The lowest BCUT2D eigenvalue weighted by molar-refractivity contribution is -0.387. The normalized spacial score (nSPS) is 15.3. The van der Waals surface area contributed by atoms with E-state index in [4.69, 9.17) is 4.74 Å². The van der Waals surface area contributed by atoms with Gasteiger partial charge in [0.1, 0.15) is 0 Å². The molecule has 9 nitrogen and oxygen atoms in total. The maximum atomic E-state index is 12.2. The minimum atomic E-state index is -0.377. The lowest BCUT2D eigenvalue weighted by atomic mass is 10.2. The van der Waals surface area contributed by atoms with Crippen LogP contribution in [0.4, 0.5) is 11.4 Å². The summed E-state index contributed by atoms with van der Waals surface area (Å²) >= 11 is 5.71. The van der Waals surface area contributed by atoms with Crippen LogP contribution in [-0.4, -0.2) is 52.0 Å². The van der Waals surface area contributed by atoms with E-state index in [1.165, 1.54) is 52.3 Å². The van der Waals surface area contributed by atoms with Crippen molar-refractivity contribution < 1.29 is 14.5 Å². The third kappa shape index (κ3) is 6.93. The third-order valence-electron chi connectivity index (χ3n) is 6.24. The molecule has 1 aliphatic heterocycles. The molecule has 1 saturated heterocycles. The fourth-order valence-corrected chi connectivity index (χ4v) is 8.27. The van der Waals surface area contributed by atoms with Crippen molar-refractivity contribution in [2.75, 3.05) is 18.9 Å². The first-order valence-corrected chi connectivity index (χ1v) is 16.2. The van der Waals surface area contributed by atoms with Gasteiger partial charge >= 0.3 is 0 Å². The van der Waals surface area contributed by atoms with Gasteiger partial charge in [0.15, 0.2) is 8.68 Å². The highest BCUT2D eigenvalue weighted by atomic mass is 32.2. The van der Waals surface area contributed by atoms with Crippen LogP contribution in [0.2, 0.25) is 0 Å². The van der Waals surface area contributed by atoms with Crippen molar-refractivity contribution in [1.82, 2.24) is 15.3 Å². The molecule has 6 rings (SSSR count).